The zero-order valence-electron chi connectivity index (χ0n) is 46.8. The lowest BCUT2D eigenvalue weighted by Crippen LogP contribution is -2.61. The van der Waals surface area contributed by atoms with Gasteiger partial charge in [0.15, 0.2) is 0 Å². The summed E-state index contributed by atoms with van der Waals surface area (Å²) in [5.74, 6) is 0. The third-order valence-electron chi connectivity index (χ3n) is 17.2. The zero-order valence-corrected chi connectivity index (χ0v) is 46.8. The second kappa shape index (κ2) is 20.2. The quantitative estimate of drug-likeness (QED) is 0.133. The molecule has 0 spiro atoms. The molecule has 14 rings (SSSR count). The Bertz CT molecular complexity index is 4290. The van der Waals surface area contributed by atoms with Crippen LogP contribution in [-0.2, 0) is 0 Å². The molecule has 3 heteroatoms. The number of hydrogen-bond donors (Lipinski definition) is 0. The largest absolute Gasteiger partial charge is 0.311 e. The number of fused-ring (bicyclic) bond motifs is 4. The molecule has 12 aromatic carbocycles. The first-order valence-corrected chi connectivity index (χ1v) is 28.4. The SMILES string of the molecule is Cc1cccc(C)c1-c1cccc(N2c3cc(-c4c(C)cccc4C)ccc3B3c4cc(-c5ccccc5)ccc4N(c4c(-c5ccccc5)cc(-c5ccccc5)cc4-c4ccccc4)c4cc(-c5c(C)cccc5C)cc2c43)c1. The van der Waals surface area contributed by atoms with Gasteiger partial charge in [0, 0.05) is 39.6 Å². The van der Waals surface area contributed by atoms with Crippen LogP contribution in [0.15, 0.2) is 261 Å². The highest BCUT2D eigenvalue weighted by Gasteiger charge is 2.45. The molecule has 386 valence electrons. The summed E-state index contributed by atoms with van der Waals surface area (Å²) in [7, 11) is 0. The highest BCUT2D eigenvalue weighted by atomic mass is 15.2. The fourth-order valence-electron chi connectivity index (χ4n) is 13.6. The summed E-state index contributed by atoms with van der Waals surface area (Å²) >= 11 is 0. The minimum atomic E-state index is -0.138. The van der Waals surface area contributed by atoms with E-state index in [4.69, 9.17) is 0 Å². The maximum Gasteiger partial charge on any atom is 0.252 e. The first kappa shape index (κ1) is 49.6. The minimum Gasteiger partial charge on any atom is -0.311 e. The Kier molecular flexibility index (Phi) is 12.4. The van der Waals surface area contributed by atoms with Crippen molar-refractivity contribution in [3.05, 3.63) is 294 Å². The van der Waals surface area contributed by atoms with Crippen LogP contribution in [0.1, 0.15) is 33.4 Å². The molecule has 0 unspecified atom stereocenters. The van der Waals surface area contributed by atoms with Gasteiger partial charge in [-0.05, 0) is 207 Å². The molecule has 0 bridgehead atoms. The topological polar surface area (TPSA) is 6.48 Å². The van der Waals surface area contributed by atoms with E-state index in [-0.39, 0.29) is 6.71 Å². The van der Waals surface area contributed by atoms with Crippen molar-refractivity contribution in [3.8, 4) is 77.9 Å². The standard InChI is InChI=1S/C78H61BN2/c1-50-23-19-24-51(2)74(50)61-37-22-38-65(43-61)80-71-47-62(75-52(3)25-20-26-53(75)4)39-41-68(71)79-69-46-60(56-29-11-7-12-30-56)40-42-70(69)81(73-49-64(48-72(80)77(73)79)76-54(5)27-21-28-55(76)6)78-66(58-33-15-9-16-34-58)44-63(57-31-13-8-14-32-57)45-67(78)59-35-17-10-18-36-59/h7-49H,1-6H3. The molecule has 0 amide bonds. The Morgan fingerprint density at radius 1 is 0.247 bits per heavy atom. The first-order valence-electron chi connectivity index (χ1n) is 28.4. The van der Waals surface area contributed by atoms with Gasteiger partial charge in [0.05, 0.1) is 5.69 Å². The van der Waals surface area contributed by atoms with Crippen LogP contribution in [-0.4, -0.2) is 6.71 Å². The number of aryl methyl sites for hydroxylation is 6. The second-order valence-electron chi connectivity index (χ2n) is 22.3. The minimum absolute atomic E-state index is 0.138. The summed E-state index contributed by atoms with van der Waals surface area (Å²) < 4.78 is 0. The van der Waals surface area contributed by atoms with Gasteiger partial charge in [0.2, 0.25) is 0 Å². The van der Waals surface area contributed by atoms with Crippen LogP contribution in [0.4, 0.5) is 34.1 Å². The number of rotatable bonds is 9. The highest BCUT2D eigenvalue weighted by Crippen LogP contribution is 2.53. The van der Waals surface area contributed by atoms with Crippen molar-refractivity contribution in [3.63, 3.8) is 0 Å². The van der Waals surface area contributed by atoms with E-state index in [1.165, 1.54) is 117 Å². The van der Waals surface area contributed by atoms with Gasteiger partial charge in [-0.3, -0.25) is 0 Å². The molecule has 0 aliphatic carbocycles. The third kappa shape index (κ3) is 8.51. The Labute approximate surface area is 478 Å². The molecule has 0 atom stereocenters. The average Bonchev–Trinajstić information content (AvgIpc) is 3.64. The van der Waals surface area contributed by atoms with Gasteiger partial charge in [-0.25, -0.2) is 0 Å². The summed E-state index contributed by atoms with van der Waals surface area (Å²) in [4.78, 5) is 5.28. The molecule has 81 heavy (non-hydrogen) atoms. The van der Waals surface area contributed by atoms with E-state index in [9.17, 15) is 0 Å². The van der Waals surface area contributed by atoms with Gasteiger partial charge in [0.1, 0.15) is 0 Å². The molecule has 0 saturated carbocycles. The first-order chi connectivity index (χ1) is 39.7. The van der Waals surface area contributed by atoms with Crippen LogP contribution < -0.4 is 26.2 Å². The van der Waals surface area contributed by atoms with E-state index < -0.39 is 0 Å². The van der Waals surface area contributed by atoms with Crippen molar-refractivity contribution in [2.75, 3.05) is 9.80 Å². The molecule has 2 aliphatic heterocycles. The lowest BCUT2D eigenvalue weighted by atomic mass is 9.33. The third-order valence-corrected chi connectivity index (χ3v) is 17.2. The fourth-order valence-corrected chi connectivity index (χ4v) is 13.6. The smallest absolute Gasteiger partial charge is 0.252 e. The van der Waals surface area contributed by atoms with Crippen molar-refractivity contribution < 1.29 is 0 Å². The molecule has 2 heterocycles. The van der Waals surface area contributed by atoms with Crippen molar-refractivity contribution in [2.24, 2.45) is 0 Å². The molecular formula is C78H61BN2. The molecule has 0 N–H and O–H groups in total. The van der Waals surface area contributed by atoms with Gasteiger partial charge >= 0.3 is 0 Å². The van der Waals surface area contributed by atoms with Crippen LogP contribution in [0.25, 0.3) is 77.9 Å². The Hall–Kier alpha value is -9.70. The maximum atomic E-state index is 2.66. The van der Waals surface area contributed by atoms with Crippen molar-refractivity contribution in [1.29, 1.82) is 0 Å². The van der Waals surface area contributed by atoms with Crippen molar-refractivity contribution >= 4 is 57.2 Å². The van der Waals surface area contributed by atoms with E-state index in [1.807, 2.05) is 0 Å². The second-order valence-corrected chi connectivity index (χ2v) is 22.3. The molecule has 2 aliphatic rings. The number of hydrogen-bond acceptors (Lipinski definition) is 2. The normalized spacial score (nSPS) is 12.2. The van der Waals surface area contributed by atoms with Crippen LogP contribution in [0, 0.1) is 41.5 Å². The van der Waals surface area contributed by atoms with Crippen LogP contribution in [0.5, 0.6) is 0 Å². The summed E-state index contributed by atoms with van der Waals surface area (Å²) in [6.45, 7) is 13.4. The average molecular weight is 1040 g/mol. The van der Waals surface area contributed by atoms with Crippen LogP contribution in [0.2, 0.25) is 0 Å². The molecule has 0 fully saturated rings. The predicted molar refractivity (Wildman–Crippen MR) is 347 cm³/mol. The van der Waals surface area contributed by atoms with Gasteiger partial charge in [-0.1, -0.05) is 212 Å². The Morgan fingerprint density at radius 2 is 0.654 bits per heavy atom. The molecule has 2 nitrogen and oxygen atoms in total. The summed E-state index contributed by atoms with van der Waals surface area (Å²) in [6, 6.07) is 97.9. The molecule has 0 aromatic heterocycles. The van der Waals surface area contributed by atoms with Gasteiger partial charge < -0.3 is 9.80 Å². The van der Waals surface area contributed by atoms with Gasteiger partial charge in [0.25, 0.3) is 6.71 Å². The molecule has 12 aromatic rings. The van der Waals surface area contributed by atoms with E-state index in [0.717, 1.165) is 45.0 Å². The van der Waals surface area contributed by atoms with Gasteiger partial charge in [-0.15, -0.1) is 0 Å². The highest BCUT2D eigenvalue weighted by molar-refractivity contribution is 7.00. The molecule has 0 radical (unpaired) electrons. The van der Waals surface area contributed by atoms with Gasteiger partial charge in [-0.2, -0.15) is 0 Å². The van der Waals surface area contributed by atoms with Crippen molar-refractivity contribution in [2.45, 2.75) is 41.5 Å². The van der Waals surface area contributed by atoms with Crippen LogP contribution >= 0.6 is 0 Å². The summed E-state index contributed by atoms with van der Waals surface area (Å²) in [5.41, 5.74) is 35.1. The maximum absolute atomic E-state index is 2.66. The number of benzene rings is 12. The fraction of sp³-hybridized carbons (Fsp3) is 0.0769. The lowest BCUT2D eigenvalue weighted by Gasteiger charge is -2.45. The van der Waals surface area contributed by atoms with E-state index in [2.05, 4.69) is 312 Å². The van der Waals surface area contributed by atoms with E-state index >= 15 is 0 Å². The van der Waals surface area contributed by atoms with Crippen molar-refractivity contribution in [1.82, 2.24) is 0 Å². The number of nitrogens with zero attached hydrogens (tertiary/aromatic N) is 2. The van der Waals surface area contributed by atoms with Crippen LogP contribution in [0.3, 0.4) is 0 Å². The Balaban J connectivity index is 1.16. The summed E-state index contributed by atoms with van der Waals surface area (Å²) in [5, 5.41) is 0. The summed E-state index contributed by atoms with van der Waals surface area (Å²) in [6.07, 6.45) is 0. The lowest BCUT2D eigenvalue weighted by molar-refractivity contribution is 1.25. The monoisotopic (exact) mass is 1040 g/mol. The predicted octanol–water partition coefficient (Wildman–Crippen LogP) is 19.3. The Morgan fingerprint density at radius 3 is 1.17 bits per heavy atom. The number of anilines is 6. The van der Waals surface area contributed by atoms with E-state index in [0.29, 0.717) is 0 Å². The molecule has 0 saturated heterocycles. The zero-order chi connectivity index (χ0) is 54.9. The van der Waals surface area contributed by atoms with E-state index in [1.54, 1.807) is 0 Å². The molecular weight excluding hydrogens is 976 g/mol.